The van der Waals surface area contributed by atoms with Crippen molar-refractivity contribution in [1.29, 1.82) is 0 Å². The fraction of sp³-hybridized carbons (Fsp3) is 0.308. The van der Waals surface area contributed by atoms with E-state index in [0.29, 0.717) is 12.1 Å². The van der Waals surface area contributed by atoms with Crippen LogP contribution < -0.4 is 0 Å². The first kappa shape index (κ1) is 17.7. The maximum Gasteiger partial charge on any atom is 0.0926 e. The molecule has 0 amide bonds. The number of aliphatic hydroxyl groups is 1. The van der Waals surface area contributed by atoms with Crippen molar-refractivity contribution >= 4 is 0 Å². The van der Waals surface area contributed by atoms with Crippen LogP contribution in [0.4, 0.5) is 0 Å². The molecule has 2 atom stereocenters. The van der Waals surface area contributed by atoms with E-state index in [9.17, 15) is 5.11 Å². The van der Waals surface area contributed by atoms with Crippen molar-refractivity contribution in [2.75, 3.05) is 0 Å². The minimum Gasteiger partial charge on any atom is -0.385 e. The quantitative estimate of drug-likeness (QED) is 0.668. The number of nitrogens with zero attached hydrogens (tertiary/aromatic N) is 1. The normalized spacial score (nSPS) is 27.0. The summed E-state index contributed by atoms with van der Waals surface area (Å²) < 4.78 is 0. The van der Waals surface area contributed by atoms with Gasteiger partial charge < -0.3 is 5.11 Å². The fourth-order valence-corrected chi connectivity index (χ4v) is 5.21. The molecule has 0 radical (unpaired) electrons. The van der Waals surface area contributed by atoms with E-state index in [1.807, 2.05) is 6.07 Å². The van der Waals surface area contributed by atoms with Crippen LogP contribution in [0.3, 0.4) is 0 Å². The molecule has 1 N–H and O–H groups in total. The van der Waals surface area contributed by atoms with Gasteiger partial charge in [-0.15, -0.1) is 0 Å². The Morgan fingerprint density at radius 2 is 1.25 bits per heavy atom. The summed E-state index contributed by atoms with van der Waals surface area (Å²) in [5.41, 5.74) is 4.17. The van der Waals surface area contributed by atoms with Crippen molar-refractivity contribution < 1.29 is 5.11 Å². The van der Waals surface area contributed by atoms with Crippen LogP contribution in [0.25, 0.3) is 11.1 Å². The smallest absolute Gasteiger partial charge is 0.0926 e. The topological polar surface area (TPSA) is 23.5 Å². The van der Waals surface area contributed by atoms with Crippen LogP contribution in [-0.4, -0.2) is 22.1 Å². The zero-order chi connectivity index (χ0) is 19.0. The molecule has 0 aromatic heterocycles. The molecular formula is C26H27NO. The molecule has 2 heteroatoms. The van der Waals surface area contributed by atoms with Crippen LogP contribution in [0.15, 0.2) is 84.9 Å². The van der Waals surface area contributed by atoms with Gasteiger partial charge in [0.15, 0.2) is 0 Å². The third kappa shape index (κ3) is 3.28. The average Bonchev–Trinajstić information content (AvgIpc) is 2.99. The van der Waals surface area contributed by atoms with Crippen LogP contribution in [0.1, 0.15) is 36.8 Å². The average molecular weight is 370 g/mol. The van der Waals surface area contributed by atoms with Crippen molar-refractivity contribution in [3.05, 3.63) is 96.1 Å². The Balaban J connectivity index is 1.34. The van der Waals surface area contributed by atoms with E-state index in [4.69, 9.17) is 0 Å². The summed E-state index contributed by atoms with van der Waals surface area (Å²) in [6, 6.07) is 30.7. The van der Waals surface area contributed by atoms with Gasteiger partial charge in [-0.05, 0) is 47.9 Å². The van der Waals surface area contributed by atoms with Gasteiger partial charge in [0.2, 0.25) is 0 Å². The molecule has 142 valence electrons. The van der Waals surface area contributed by atoms with Gasteiger partial charge in [0.05, 0.1) is 5.60 Å². The standard InChI is InChI=1S/C26H27NO/c28-26(23-13-11-22(12-14-23)21-9-5-2-6-10-21)17-24-15-16-25(18-26)27(24)19-20-7-3-1-4-8-20/h1-14,24-25,28H,15-19H2. The summed E-state index contributed by atoms with van der Waals surface area (Å²) in [7, 11) is 0. The lowest BCUT2D eigenvalue weighted by atomic mass is 9.80. The number of fused-ring (bicyclic) bond motifs is 2. The van der Waals surface area contributed by atoms with Crippen molar-refractivity contribution in [3.8, 4) is 11.1 Å². The van der Waals surface area contributed by atoms with Gasteiger partial charge in [0, 0.05) is 18.6 Å². The van der Waals surface area contributed by atoms with Gasteiger partial charge >= 0.3 is 0 Å². The Bertz CT molecular complexity index is 906. The zero-order valence-electron chi connectivity index (χ0n) is 16.2. The molecule has 28 heavy (non-hydrogen) atoms. The molecule has 2 bridgehead atoms. The molecule has 2 fully saturated rings. The highest BCUT2D eigenvalue weighted by molar-refractivity contribution is 5.63. The molecular weight excluding hydrogens is 342 g/mol. The number of rotatable bonds is 4. The van der Waals surface area contributed by atoms with Crippen molar-refractivity contribution in [2.45, 2.75) is 49.9 Å². The molecule has 0 aliphatic carbocycles. The minimum absolute atomic E-state index is 0.470. The van der Waals surface area contributed by atoms with Crippen molar-refractivity contribution in [2.24, 2.45) is 0 Å². The van der Waals surface area contributed by atoms with Crippen LogP contribution in [-0.2, 0) is 12.1 Å². The van der Waals surface area contributed by atoms with E-state index in [1.165, 1.54) is 29.5 Å². The summed E-state index contributed by atoms with van der Waals surface area (Å²) in [6.45, 7) is 0.999. The summed E-state index contributed by atoms with van der Waals surface area (Å²) in [4.78, 5) is 2.63. The first-order valence-electron chi connectivity index (χ1n) is 10.4. The second-order valence-corrected chi connectivity index (χ2v) is 8.43. The van der Waals surface area contributed by atoms with Crippen LogP contribution >= 0.6 is 0 Å². The van der Waals surface area contributed by atoms with Gasteiger partial charge in [-0.2, -0.15) is 0 Å². The molecule has 2 nitrogen and oxygen atoms in total. The number of benzene rings is 3. The molecule has 2 unspecified atom stereocenters. The summed E-state index contributed by atoms with van der Waals surface area (Å²) in [5, 5.41) is 11.5. The van der Waals surface area contributed by atoms with Gasteiger partial charge in [-0.25, -0.2) is 0 Å². The second kappa shape index (κ2) is 7.20. The Morgan fingerprint density at radius 3 is 1.86 bits per heavy atom. The lowest BCUT2D eigenvalue weighted by Gasteiger charge is -2.44. The fourth-order valence-electron chi connectivity index (χ4n) is 5.21. The number of hydrogen-bond acceptors (Lipinski definition) is 2. The van der Waals surface area contributed by atoms with E-state index in [1.54, 1.807) is 0 Å². The minimum atomic E-state index is -0.700. The molecule has 2 heterocycles. The van der Waals surface area contributed by atoms with Crippen LogP contribution in [0, 0.1) is 0 Å². The number of hydrogen-bond donors (Lipinski definition) is 1. The molecule has 3 aromatic rings. The van der Waals surface area contributed by atoms with Crippen molar-refractivity contribution in [1.82, 2.24) is 4.90 Å². The summed E-state index contributed by atoms with van der Waals surface area (Å²) >= 11 is 0. The summed E-state index contributed by atoms with van der Waals surface area (Å²) in [5.74, 6) is 0. The predicted molar refractivity (Wildman–Crippen MR) is 114 cm³/mol. The third-order valence-corrected chi connectivity index (χ3v) is 6.66. The van der Waals surface area contributed by atoms with Crippen LogP contribution in [0.2, 0.25) is 0 Å². The third-order valence-electron chi connectivity index (χ3n) is 6.66. The first-order valence-corrected chi connectivity index (χ1v) is 10.4. The Kier molecular flexibility index (Phi) is 4.54. The van der Waals surface area contributed by atoms with E-state index >= 15 is 0 Å². The van der Waals surface area contributed by atoms with E-state index in [2.05, 4.69) is 83.8 Å². The predicted octanol–water partition coefficient (Wildman–Crippen LogP) is 5.37. The Morgan fingerprint density at radius 1 is 0.714 bits per heavy atom. The maximum absolute atomic E-state index is 11.5. The zero-order valence-corrected chi connectivity index (χ0v) is 16.2. The highest BCUT2D eigenvalue weighted by Crippen LogP contribution is 2.46. The van der Waals surface area contributed by atoms with E-state index < -0.39 is 5.60 Å². The molecule has 3 aromatic carbocycles. The molecule has 0 saturated carbocycles. The largest absolute Gasteiger partial charge is 0.385 e. The lowest BCUT2D eigenvalue weighted by molar-refractivity contribution is -0.0595. The van der Waals surface area contributed by atoms with Crippen LogP contribution in [0.5, 0.6) is 0 Å². The van der Waals surface area contributed by atoms with Gasteiger partial charge in [-0.1, -0.05) is 84.9 Å². The second-order valence-electron chi connectivity index (χ2n) is 8.43. The maximum atomic E-state index is 11.5. The molecule has 2 aliphatic rings. The SMILES string of the molecule is OC1(c2ccc(-c3ccccc3)cc2)CC2CCC(C1)N2Cc1ccccc1. The van der Waals surface area contributed by atoms with Gasteiger partial charge in [-0.3, -0.25) is 4.90 Å². The molecule has 5 rings (SSSR count). The Labute approximate surface area is 167 Å². The first-order chi connectivity index (χ1) is 13.7. The molecule has 2 saturated heterocycles. The highest BCUT2D eigenvalue weighted by Gasteiger charge is 2.48. The van der Waals surface area contributed by atoms with Gasteiger partial charge in [0.1, 0.15) is 0 Å². The molecule has 0 spiro atoms. The lowest BCUT2D eigenvalue weighted by Crippen LogP contribution is -2.49. The molecule has 2 aliphatic heterocycles. The number of piperidine rings is 1. The monoisotopic (exact) mass is 369 g/mol. The van der Waals surface area contributed by atoms with E-state index in [0.717, 1.165) is 24.9 Å². The highest BCUT2D eigenvalue weighted by atomic mass is 16.3. The van der Waals surface area contributed by atoms with Crippen molar-refractivity contribution in [3.63, 3.8) is 0 Å². The Hall–Kier alpha value is -2.42. The summed E-state index contributed by atoms with van der Waals surface area (Å²) in [6.07, 6.45) is 4.06. The van der Waals surface area contributed by atoms with Gasteiger partial charge in [0.25, 0.3) is 0 Å². The van der Waals surface area contributed by atoms with E-state index in [-0.39, 0.29) is 0 Å².